The standard InChI is InChI=1S/C19H19NO3S/c1-20(14-15-7-10-18(23-2)11-8-15)24(21,22)19-12-9-16-5-3-4-6-17(16)13-19/h3-13H,14H2,1-2H3. The fourth-order valence-corrected chi connectivity index (χ4v) is 3.78. The van der Waals surface area contributed by atoms with Crippen LogP contribution in [0.25, 0.3) is 10.8 Å². The van der Waals surface area contributed by atoms with Gasteiger partial charge in [0.15, 0.2) is 0 Å². The van der Waals surface area contributed by atoms with Gasteiger partial charge in [-0.15, -0.1) is 0 Å². The first kappa shape index (κ1) is 16.5. The van der Waals surface area contributed by atoms with Gasteiger partial charge in [-0.2, -0.15) is 4.31 Å². The van der Waals surface area contributed by atoms with Crippen molar-refractivity contribution >= 4 is 20.8 Å². The minimum absolute atomic E-state index is 0.303. The molecule has 24 heavy (non-hydrogen) atoms. The second-order valence-electron chi connectivity index (χ2n) is 5.62. The zero-order valence-electron chi connectivity index (χ0n) is 13.6. The maximum Gasteiger partial charge on any atom is 0.243 e. The van der Waals surface area contributed by atoms with Crippen molar-refractivity contribution in [2.24, 2.45) is 0 Å². The molecule has 0 fully saturated rings. The predicted molar refractivity (Wildman–Crippen MR) is 95.6 cm³/mol. The number of fused-ring (bicyclic) bond motifs is 1. The van der Waals surface area contributed by atoms with Crippen molar-refractivity contribution in [3.05, 3.63) is 72.3 Å². The van der Waals surface area contributed by atoms with Gasteiger partial charge in [0.1, 0.15) is 5.75 Å². The van der Waals surface area contributed by atoms with Crippen LogP contribution in [0.3, 0.4) is 0 Å². The highest BCUT2D eigenvalue weighted by molar-refractivity contribution is 7.89. The number of nitrogens with zero attached hydrogens (tertiary/aromatic N) is 1. The summed E-state index contributed by atoms with van der Waals surface area (Å²) in [6, 6.07) is 20.3. The minimum atomic E-state index is -3.54. The third-order valence-electron chi connectivity index (χ3n) is 3.99. The van der Waals surface area contributed by atoms with E-state index in [-0.39, 0.29) is 0 Å². The van der Waals surface area contributed by atoms with Gasteiger partial charge >= 0.3 is 0 Å². The lowest BCUT2D eigenvalue weighted by molar-refractivity contribution is 0.414. The Balaban J connectivity index is 1.86. The van der Waals surface area contributed by atoms with E-state index in [1.54, 1.807) is 26.3 Å². The second-order valence-corrected chi connectivity index (χ2v) is 7.66. The number of hydrogen-bond acceptors (Lipinski definition) is 3. The van der Waals surface area contributed by atoms with Crippen LogP contribution < -0.4 is 4.74 Å². The molecule has 0 spiro atoms. The Morgan fingerprint density at radius 3 is 2.25 bits per heavy atom. The van der Waals surface area contributed by atoms with Crippen molar-refractivity contribution in [1.29, 1.82) is 0 Å². The van der Waals surface area contributed by atoms with E-state index in [1.807, 2.05) is 54.6 Å². The van der Waals surface area contributed by atoms with Gasteiger partial charge in [0.25, 0.3) is 0 Å². The lowest BCUT2D eigenvalue weighted by Crippen LogP contribution is -2.26. The fraction of sp³-hybridized carbons (Fsp3) is 0.158. The summed E-state index contributed by atoms with van der Waals surface area (Å²) in [5.74, 6) is 0.749. The molecule has 0 bridgehead atoms. The average molecular weight is 341 g/mol. The van der Waals surface area contributed by atoms with Gasteiger partial charge in [0, 0.05) is 13.6 Å². The zero-order valence-corrected chi connectivity index (χ0v) is 14.5. The Bertz CT molecular complexity index is 950. The summed E-state index contributed by atoms with van der Waals surface area (Å²) in [7, 11) is -0.348. The topological polar surface area (TPSA) is 46.6 Å². The van der Waals surface area contributed by atoms with Crippen LogP contribution in [0.2, 0.25) is 0 Å². The van der Waals surface area contributed by atoms with Crippen LogP contribution in [0.1, 0.15) is 5.56 Å². The molecule has 0 aliphatic carbocycles. The molecule has 3 rings (SSSR count). The van der Waals surface area contributed by atoms with Crippen molar-refractivity contribution in [1.82, 2.24) is 4.31 Å². The van der Waals surface area contributed by atoms with E-state index in [0.29, 0.717) is 11.4 Å². The summed E-state index contributed by atoms with van der Waals surface area (Å²) in [5, 5.41) is 1.94. The first-order valence-electron chi connectivity index (χ1n) is 7.59. The summed E-state index contributed by atoms with van der Waals surface area (Å²) in [4.78, 5) is 0.303. The van der Waals surface area contributed by atoms with E-state index in [4.69, 9.17) is 4.74 Å². The maximum absolute atomic E-state index is 12.8. The van der Waals surface area contributed by atoms with Crippen LogP contribution in [-0.4, -0.2) is 26.9 Å². The SMILES string of the molecule is COc1ccc(CN(C)S(=O)(=O)c2ccc3ccccc3c2)cc1. The molecule has 0 atom stereocenters. The number of rotatable bonds is 5. The molecule has 0 amide bonds. The van der Waals surface area contributed by atoms with Gasteiger partial charge in [-0.25, -0.2) is 8.42 Å². The van der Waals surface area contributed by atoms with E-state index in [2.05, 4.69) is 0 Å². The van der Waals surface area contributed by atoms with Gasteiger partial charge in [0.2, 0.25) is 10.0 Å². The quantitative estimate of drug-likeness (QED) is 0.711. The van der Waals surface area contributed by atoms with Crippen LogP contribution >= 0.6 is 0 Å². The molecular weight excluding hydrogens is 322 g/mol. The largest absolute Gasteiger partial charge is 0.497 e. The van der Waals surface area contributed by atoms with Crippen LogP contribution in [-0.2, 0) is 16.6 Å². The first-order chi connectivity index (χ1) is 11.5. The van der Waals surface area contributed by atoms with Crippen molar-refractivity contribution < 1.29 is 13.2 Å². The second kappa shape index (κ2) is 6.63. The first-order valence-corrected chi connectivity index (χ1v) is 9.03. The molecule has 0 aromatic heterocycles. The number of methoxy groups -OCH3 is 1. The molecule has 4 nitrogen and oxygen atoms in total. The van der Waals surface area contributed by atoms with E-state index < -0.39 is 10.0 Å². The molecule has 0 unspecified atom stereocenters. The molecule has 0 aliphatic heterocycles. The highest BCUT2D eigenvalue weighted by Crippen LogP contribution is 2.22. The molecular formula is C19H19NO3S. The number of sulfonamides is 1. The van der Waals surface area contributed by atoms with Crippen LogP contribution in [0.5, 0.6) is 5.75 Å². The summed E-state index contributed by atoms with van der Waals surface area (Å²) < 4.78 is 32.1. The molecule has 5 heteroatoms. The number of benzene rings is 3. The monoisotopic (exact) mass is 341 g/mol. The molecule has 0 saturated heterocycles. The summed E-state index contributed by atoms with van der Waals surface area (Å²) >= 11 is 0. The van der Waals surface area contributed by atoms with E-state index in [0.717, 1.165) is 22.1 Å². The Morgan fingerprint density at radius 2 is 1.58 bits per heavy atom. The number of ether oxygens (including phenoxy) is 1. The van der Waals surface area contributed by atoms with Crippen LogP contribution in [0.4, 0.5) is 0 Å². The third kappa shape index (κ3) is 3.27. The molecule has 124 valence electrons. The van der Waals surface area contributed by atoms with Gasteiger partial charge in [-0.3, -0.25) is 0 Å². The summed E-state index contributed by atoms with van der Waals surface area (Å²) in [6.45, 7) is 0.305. The Morgan fingerprint density at radius 1 is 0.917 bits per heavy atom. The van der Waals surface area contributed by atoms with Gasteiger partial charge in [-0.05, 0) is 40.6 Å². The highest BCUT2D eigenvalue weighted by atomic mass is 32.2. The minimum Gasteiger partial charge on any atom is -0.497 e. The average Bonchev–Trinajstić information content (AvgIpc) is 2.61. The lowest BCUT2D eigenvalue weighted by Gasteiger charge is -2.18. The molecule has 3 aromatic carbocycles. The molecule has 3 aromatic rings. The lowest BCUT2D eigenvalue weighted by atomic mass is 10.1. The molecule has 0 aliphatic rings. The third-order valence-corrected chi connectivity index (χ3v) is 5.79. The van der Waals surface area contributed by atoms with E-state index in [9.17, 15) is 8.42 Å². The van der Waals surface area contributed by atoms with Gasteiger partial charge in [0.05, 0.1) is 12.0 Å². The van der Waals surface area contributed by atoms with E-state index in [1.165, 1.54) is 4.31 Å². The van der Waals surface area contributed by atoms with Crippen molar-refractivity contribution in [3.8, 4) is 5.75 Å². The summed E-state index contributed by atoms with van der Waals surface area (Å²) in [5.41, 5.74) is 0.905. The van der Waals surface area contributed by atoms with Crippen molar-refractivity contribution in [2.75, 3.05) is 14.2 Å². The normalized spacial score (nSPS) is 11.8. The number of hydrogen-bond donors (Lipinski definition) is 0. The van der Waals surface area contributed by atoms with Gasteiger partial charge in [-0.1, -0.05) is 42.5 Å². The maximum atomic E-state index is 12.8. The Labute approximate surface area is 142 Å². The molecule has 0 N–H and O–H groups in total. The van der Waals surface area contributed by atoms with Gasteiger partial charge < -0.3 is 4.74 Å². The van der Waals surface area contributed by atoms with E-state index >= 15 is 0 Å². The zero-order chi connectivity index (χ0) is 17.2. The molecule has 0 radical (unpaired) electrons. The molecule has 0 saturated carbocycles. The smallest absolute Gasteiger partial charge is 0.243 e. The molecule has 0 heterocycles. The summed E-state index contributed by atoms with van der Waals surface area (Å²) in [6.07, 6.45) is 0. The highest BCUT2D eigenvalue weighted by Gasteiger charge is 2.21. The van der Waals surface area contributed by atoms with Crippen molar-refractivity contribution in [2.45, 2.75) is 11.4 Å². The van der Waals surface area contributed by atoms with Crippen LogP contribution in [0, 0.1) is 0 Å². The Kier molecular flexibility index (Phi) is 4.55. The van der Waals surface area contributed by atoms with Crippen LogP contribution in [0.15, 0.2) is 71.6 Å². The van der Waals surface area contributed by atoms with Crippen molar-refractivity contribution in [3.63, 3.8) is 0 Å². The predicted octanol–water partition coefficient (Wildman–Crippen LogP) is 3.67. The fourth-order valence-electron chi connectivity index (χ4n) is 2.58. The Hall–Kier alpha value is -2.37.